The normalized spacial score (nSPS) is 11.9. The number of halogens is 3. The molecule has 268 valence electrons. The zero-order chi connectivity index (χ0) is 37.5. The Labute approximate surface area is 304 Å². The Morgan fingerprint density at radius 2 is 1.42 bits per heavy atom. The molecule has 0 saturated heterocycles. The molecular formula is C43H34F3NO6. The number of hydrogen-bond acceptors (Lipinski definition) is 7. The van der Waals surface area contributed by atoms with Gasteiger partial charge in [-0.05, 0) is 52.4 Å². The number of ether oxygens (including phenoxy) is 3. The van der Waals surface area contributed by atoms with Gasteiger partial charge in [-0.15, -0.1) is 0 Å². The SMILES string of the molecule is COC(=O)Cc1ccc(CC(C(=O)OC)c2ccc(COc3cccc(-c4c(C(=O)c5ccccc5)cnc5c(C(F)(F)F)cccc45)c3)cc2)cc1. The third-order valence-corrected chi connectivity index (χ3v) is 8.92. The Kier molecular flexibility index (Phi) is 11.0. The Hall–Kier alpha value is -6.29. The van der Waals surface area contributed by atoms with Crippen LogP contribution < -0.4 is 4.74 Å². The summed E-state index contributed by atoms with van der Waals surface area (Å²) in [6, 6.07) is 33.9. The van der Waals surface area contributed by atoms with Crippen LogP contribution in [0.4, 0.5) is 13.2 Å². The third kappa shape index (κ3) is 8.44. The predicted molar refractivity (Wildman–Crippen MR) is 193 cm³/mol. The standard InChI is InChI=1S/C43H34F3NO6/c1-51-38(48)23-28-16-14-27(15-17-28)22-35(42(50)52-2)30-20-18-29(19-21-30)26-53-33-11-6-10-32(24-33)39-34-12-7-13-37(43(44,45)46)40(34)47-25-36(39)41(49)31-8-4-3-5-9-31/h3-21,24-25,35H,22-23,26H2,1-2H3. The topological polar surface area (TPSA) is 91.8 Å². The first kappa shape index (κ1) is 36.5. The highest BCUT2D eigenvalue weighted by atomic mass is 19.4. The Bertz CT molecular complexity index is 2250. The largest absolute Gasteiger partial charge is 0.489 e. The van der Waals surface area contributed by atoms with E-state index in [1.54, 1.807) is 54.6 Å². The van der Waals surface area contributed by atoms with Crippen molar-refractivity contribution in [3.05, 3.63) is 166 Å². The van der Waals surface area contributed by atoms with Crippen molar-refractivity contribution < 1.29 is 41.8 Å². The van der Waals surface area contributed by atoms with Gasteiger partial charge in [0.2, 0.25) is 0 Å². The number of pyridine rings is 1. The molecule has 10 heteroatoms. The second-order valence-electron chi connectivity index (χ2n) is 12.3. The number of fused-ring (bicyclic) bond motifs is 1. The van der Waals surface area contributed by atoms with Gasteiger partial charge in [0.1, 0.15) is 12.4 Å². The van der Waals surface area contributed by atoms with Gasteiger partial charge in [-0.3, -0.25) is 19.4 Å². The van der Waals surface area contributed by atoms with E-state index in [4.69, 9.17) is 14.2 Å². The molecular weight excluding hydrogens is 683 g/mol. The van der Waals surface area contributed by atoms with Gasteiger partial charge in [-0.25, -0.2) is 0 Å². The maximum atomic E-state index is 14.0. The van der Waals surface area contributed by atoms with E-state index in [-0.39, 0.29) is 47.2 Å². The summed E-state index contributed by atoms with van der Waals surface area (Å²) in [5, 5.41) is 0.187. The van der Waals surface area contributed by atoms with E-state index in [1.165, 1.54) is 32.5 Å². The molecule has 0 bridgehead atoms. The van der Waals surface area contributed by atoms with Crippen molar-refractivity contribution in [1.29, 1.82) is 0 Å². The number of esters is 2. The van der Waals surface area contributed by atoms with Gasteiger partial charge in [0.05, 0.1) is 37.6 Å². The van der Waals surface area contributed by atoms with E-state index in [0.717, 1.165) is 28.3 Å². The lowest BCUT2D eigenvalue weighted by Gasteiger charge is -2.17. The quantitative estimate of drug-likeness (QED) is 0.0922. The number of ketones is 1. The predicted octanol–water partition coefficient (Wildman–Crippen LogP) is 8.95. The molecule has 7 nitrogen and oxygen atoms in total. The van der Waals surface area contributed by atoms with Gasteiger partial charge < -0.3 is 14.2 Å². The molecule has 6 rings (SSSR count). The zero-order valence-electron chi connectivity index (χ0n) is 28.9. The van der Waals surface area contributed by atoms with E-state index in [0.29, 0.717) is 28.9 Å². The second-order valence-corrected chi connectivity index (χ2v) is 12.3. The first-order chi connectivity index (χ1) is 25.5. The van der Waals surface area contributed by atoms with E-state index in [1.807, 2.05) is 48.5 Å². The number of alkyl halides is 3. The van der Waals surface area contributed by atoms with E-state index >= 15 is 0 Å². The third-order valence-electron chi connectivity index (χ3n) is 8.92. The zero-order valence-corrected chi connectivity index (χ0v) is 28.9. The van der Waals surface area contributed by atoms with Gasteiger partial charge in [-0.1, -0.05) is 103 Å². The monoisotopic (exact) mass is 717 g/mol. The summed E-state index contributed by atoms with van der Waals surface area (Å²) in [5.41, 5.74) is 3.44. The summed E-state index contributed by atoms with van der Waals surface area (Å²) in [6.45, 7) is 0.152. The number of para-hydroxylation sites is 1. The Morgan fingerprint density at radius 3 is 2.09 bits per heavy atom. The molecule has 0 amide bonds. The number of benzene rings is 5. The fourth-order valence-electron chi connectivity index (χ4n) is 6.18. The molecule has 0 aliphatic carbocycles. The molecule has 0 saturated carbocycles. The van der Waals surface area contributed by atoms with Crippen LogP contribution in [0.3, 0.4) is 0 Å². The van der Waals surface area contributed by atoms with Crippen LogP contribution in [0.2, 0.25) is 0 Å². The van der Waals surface area contributed by atoms with Gasteiger partial charge in [-0.2, -0.15) is 13.2 Å². The molecule has 1 unspecified atom stereocenters. The molecule has 0 radical (unpaired) electrons. The molecule has 6 aromatic rings. The second kappa shape index (κ2) is 15.9. The Morgan fingerprint density at radius 1 is 0.736 bits per heavy atom. The first-order valence-corrected chi connectivity index (χ1v) is 16.7. The van der Waals surface area contributed by atoms with Crippen LogP contribution in [-0.2, 0) is 44.7 Å². The number of methoxy groups -OCH3 is 2. The summed E-state index contributed by atoms with van der Waals surface area (Å²) in [4.78, 5) is 42.3. The average Bonchev–Trinajstić information content (AvgIpc) is 3.18. The number of carbonyl (C=O) groups is 3. The van der Waals surface area contributed by atoms with Crippen molar-refractivity contribution in [3.63, 3.8) is 0 Å². The molecule has 5 aromatic carbocycles. The first-order valence-electron chi connectivity index (χ1n) is 16.7. The molecule has 1 aromatic heterocycles. The van der Waals surface area contributed by atoms with Crippen molar-refractivity contribution in [2.24, 2.45) is 0 Å². The maximum Gasteiger partial charge on any atom is 0.418 e. The summed E-state index contributed by atoms with van der Waals surface area (Å²) in [5.74, 6) is -1.24. The van der Waals surface area contributed by atoms with E-state index in [2.05, 4.69) is 4.98 Å². The maximum absolute atomic E-state index is 14.0. The van der Waals surface area contributed by atoms with Crippen LogP contribution in [0.1, 0.15) is 49.7 Å². The number of carbonyl (C=O) groups excluding carboxylic acids is 3. The van der Waals surface area contributed by atoms with Crippen LogP contribution >= 0.6 is 0 Å². The number of hydrogen-bond donors (Lipinski definition) is 0. The van der Waals surface area contributed by atoms with Crippen molar-refractivity contribution in [2.45, 2.75) is 31.5 Å². The number of aromatic nitrogens is 1. The van der Waals surface area contributed by atoms with Crippen molar-refractivity contribution in [2.75, 3.05) is 14.2 Å². The summed E-state index contributed by atoms with van der Waals surface area (Å²) >= 11 is 0. The minimum absolute atomic E-state index is 0.152. The highest BCUT2D eigenvalue weighted by Crippen LogP contribution is 2.40. The van der Waals surface area contributed by atoms with Crippen molar-refractivity contribution >= 4 is 28.6 Å². The highest BCUT2D eigenvalue weighted by Gasteiger charge is 2.34. The van der Waals surface area contributed by atoms with Gasteiger partial charge >= 0.3 is 18.1 Å². The van der Waals surface area contributed by atoms with Crippen LogP contribution in [0.25, 0.3) is 22.0 Å². The lowest BCUT2D eigenvalue weighted by molar-refractivity contribution is -0.142. The highest BCUT2D eigenvalue weighted by molar-refractivity contribution is 6.16. The molecule has 0 fully saturated rings. The van der Waals surface area contributed by atoms with Gasteiger partial charge in [0, 0.05) is 28.3 Å². The molecule has 1 heterocycles. The average molecular weight is 718 g/mol. The molecule has 0 N–H and O–H groups in total. The molecule has 0 spiro atoms. The lowest BCUT2D eigenvalue weighted by Crippen LogP contribution is -2.17. The number of rotatable bonds is 12. The van der Waals surface area contributed by atoms with Crippen molar-refractivity contribution in [3.8, 4) is 16.9 Å². The van der Waals surface area contributed by atoms with Crippen LogP contribution in [0, 0.1) is 0 Å². The fourth-order valence-corrected chi connectivity index (χ4v) is 6.18. The van der Waals surface area contributed by atoms with E-state index in [9.17, 15) is 27.6 Å². The summed E-state index contributed by atoms with van der Waals surface area (Å²) < 4.78 is 58.0. The molecule has 53 heavy (non-hydrogen) atoms. The number of nitrogens with zero attached hydrogens (tertiary/aromatic N) is 1. The van der Waals surface area contributed by atoms with Crippen LogP contribution in [0.15, 0.2) is 128 Å². The van der Waals surface area contributed by atoms with E-state index < -0.39 is 17.7 Å². The summed E-state index contributed by atoms with van der Waals surface area (Å²) in [6.07, 6.45) is -2.90. The van der Waals surface area contributed by atoms with Crippen molar-refractivity contribution in [1.82, 2.24) is 4.98 Å². The molecule has 1 atom stereocenters. The minimum atomic E-state index is -4.65. The molecule has 0 aliphatic rings. The van der Waals surface area contributed by atoms with Gasteiger partial charge in [0.15, 0.2) is 5.78 Å². The van der Waals surface area contributed by atoms with Crippen LogP contribution in [-0.4, -0.2) is 36.9 Å². The lowest BCUT2D eigenvalue weighted by atomic mass is 9.91. The summed E-state index contributed by atoms with van der Waals surface area (Å²) in [7, 11) is 2.68. The Balaban J connectivity index is 1.25. The smallest absolute Gasteiger partial charge is 0.418 e. The van der Waals surface area contributed by atoms with Gasteiger partial charge in [0.25, 0.3) is 0 Å². The molecule has 0 aliphatic heterocycles. The minimum Gasteiger partial charge on any atom is -0.489 e. The van der Waals surface area contributed by atoms with Crippen LogP contribution in [0.5, 0.6) is 5.75 Å². The fraction of sp³-hybridized carbons (Fsp3) is 0.163.